The van der Waals surface area contributed by atoms with Gasteiger partial charge in [-0.2, -0.15) is 5.10 Å². The molecule has 0 N–H and O–H groups in total. The van der Waals surface area contributed by atoms with Gasteiger partial charge in [-0.1, -0.05) is 19.6 Å². The second-order valence-electron chi connectivity index (χ2n) is 15.1. The van der Waals surface area contributed by atoms with E-state index in [9.17, 15) is 4.79 Å². The van der Waals surface area contributed by atoms with E-state index in [4.69, 9.17) is 29.0 Å². The Labute approximate surface area is 261 Å². The quantitative estimate of drug-likeness (QED) is 0.207. The first-order valence-corrected chi connectivity index (χ1v) is 19.5. The Balaban J connectivity index is 1.23. The fourth-order valence-electron chi connectivity index (χ4n) is 5.70. The minimum Gasteiger partial charge on any atom is -0.488 e. The van der Waals surface area contributed by atoms with Crippen LogP contribution in [0.25, 0.3) is 22.2 Å². The highest BCUT2D eigenvalue weighted by molar-refractivity contribution is 6.76. The highest BCUT2D eigenvalue weighted by Crippen LogP contribution is 2.41. The van der Waals surface area contributed by atoms with Gasteiger partial charge in [0.25, 0.3) is 0 Å². The first kappa shape index (κ1) is 30.9. The molecule has 2 aliphatic heterocycles. The Morgan fingerprint density at radius 1 is 1.09 bits per heavy atom. The molecule has 0 radical (unpaired) electrons. The lowest BCUT2D eigenvalue weighted by atomic mass is 9.92. The predicted octanol–water partition coefficient (Wildman–Crippen LogP) is 6.17. The summed E-state index contributed by atoms with van der Waals surface area (Å²) >= 11 is 0. The number of likely N-dealkylation sites (tertiary alicyclic amines) is 1. The predicted molar refractivity (Wildman–Crippen MR) is 174 cm³/mol. The topological polar surface area (TPSA) is 91.2 Å². The lowest BCUT2D eigenvalue weighted by Crippen LogP contribution is -2.71. The largest absolute Gasteiger partial charge is 0.488 e. The van der Waals surface area contributed by atoms with Crippen LogP contribution in [-0.4, -0.2) is 90.0 Å². The Bertz CT molecular complexity index is 1520. The molecule has 6 rings (SSSR count). The van der Waals surface area contributed by atoms with E-state index in [1.807, 2.05) is 43.8 Å². The summed E-state index contributed by atoms with van der Waals surface area (Å²) in [6.07, 6.45) is 3.70. The summed E-state index contributed by atoms with van der Waals surface area (Å²) in [5, 5.41) is 6.10. The van der Waals surface area contributed by atoms with Crippen molar-refractivity contribution >= 4 is 30.9 Å². The van der Waals surface area contributed by atoms with E-state index in [1.54, 1.807) is 4.90 Å². The molecule has 0 unspecified atom stereocenters. The molecule has 2 aromatic heterocycles. The first-order valence-electron chi connectivity index (χ1n) is 15.8. The number of anilines is 1. The maximum absolute atomic E-state index is 12.6. The van der Waals surface area contributed by atoms with Crippen LogP contribution in [0.3, 0.4) is 0 Å². The van der Waals surface area contributed by atoms with Crippen molar-refractivity contribution in [2.45, 2.75) is 89.8 Å². The molecule has 3 aromatic rings. The third kappa shape index (κ3) is 7.05. The van der Waals surface area contributed by atoms with Gasteiger partial charge in [0.1, 0.15) is 40.8 Å². The smallest absolute Gasteiger partial charge is 0.410 e. The molecule has 1 spiro atoms. The molecule has 10 nitrogen and oxygen atoms in total. The zero-order chi connectivity index (χ0) is 31.3. The van der Waals surface area contributed by atoms with Gasteiger partial charge in [0.05, 0.1) is 31.8 Å². The van der Waals surface area contributed by atoms with Gasteiger partial charge < -0.3 is 28.7 Å². The highest BCUT2D eigenvalue weighted by atomic mass is 28.3. The number of benzene rings is 1. The standard InChI is InChI=1S/C33H47N5O5Si/c1-31(2,3)43-30(39)37-21-33(22-37)20-36(14-15-41-33)28-18-24(10-13-34-28)29-26-19-25(42-32(4)11-12-32)8-9-27(26)38(35-29)23-40-16-17-44(5,6)7/h8-10,13,18-19H,11-12,14-17,20-23H2,1-7H3. The zero-order valence-corrected chi connectivity index (χ0v) is 28.3. The van der Waals surface area contributed by atoms with Gasteiger partial charge in [0, 0.05) is 38.4 Å². The molecule has 2 saturated heterocycles. The van der Waals surface area contributed by atoms with Crippen molar-refractivity contribution in [1.82, 2.24) is 19.7 Å². The normalized spacial score (nSPS) is 19.2. The minimum absolute atomic E-state index is 0.0689. The van der Waals surface area contributed by atoms with Crippen LogP contribution < -0.4 is 9.64 Å². The fourth-order valence-corrected chi connectivity index (χ4v) is 6.46. The molecule has 1 aromatic carbocycles. The van der Waals surface area contributed by atoms with Crippen molar-refractivity contribution in [2.75, 3.05) is 44.3 Å². The molecule has 0 bridgehead atoms. The number of morpholine rings is 1. The van der Waals surface area contributed by atoms with Crippen LogP contribution in [-0.2, 0) is 20.9 Å². The van der Waals surface area contributed by atoms with Crippen molar-refractivity contribution < 1.29 is 23.7 Å². The zero-order valence-electron chi connectivity index (χ0n) is 27.3. The average molecular weight is 622 g/mol. The van der Waals surface area contributed by atoms with Crippen LogP contribution in [0.5, 0.6) is 5.75 Å². The molecule has 44 heavy (non-hydrogen) atoms. The number of carbonyl (C=O) groups excluding carboxylic acids is 1. The monoisotopic (exact) mass is 621 g/mol. The van der Waals surface area contributed by atoms with Gasteiger partial charge in [0.15, 0.2) is 0 Å². The maximum Gasteiger partial charge on any atom is 0.410 e. The summed E-state index contributed by atoms with van der Waals surface area (Å²) in [6.45, 7) is 19.0. The van der Waals surface area contributed by atoms with Crippen LogP contribution in [0.15, 0.2) is 36.5 Å². The third-order valence-corrected chi connectivity index (χ3v) is 10.2. The number of pyridine rings is 1. The number of aromatic nitrogens is 3. The Morgan fingerprint density at radius 3 is 2.57 bits per heavy atom. The molecule has 3 fully saturated rings. The van der Waals surface area contributed by atoms with Crippen LogP contribution in [0, 0.1) is 0 Å². The molecule has 4 heterocycles. The SMILES string of the molecule is CC(C)(C)OC(=O)N1CC2(C1)CN(c1cc(-c3nn(COCC[Si](C)(C)C)c4ccc(OC5(C)CC5)cc34)ccn1)CCO2. The van der Waals surface area contributed by atoms with Gasteiger partial charge >= 0.3 is 6.09 Å². The second kappa shape index (κ2) is 11.3. The van der Waals surface area contributed by atoms with Gasteiger partial charge in [-0.15, -0.1) is 0 Å². The number of hydrogen-bond acceptors (Lipinski definition) is 8. The van der Waals surface area contributed by atoms with Gasteiger partial charge in [-0.05, 0) is 76.9 Å². The van der Waals surface area contributed by atoms with E-state index in [2.05, 4.69) is 49.7 Å². The summed E-state index contributed by atoms with van der Waals surface area (Å²) in [6, 6.07) is 11.5. The van der Waals surface area contributed by atoms with Crippen LogP contribution >= 0.6 is 0 Å². The second-order valence-corrected chi connectivity index (χ2v) is 20.7. The van der Waals surface area contributed by atoms with Crippen molar-refractivity contribution in [2.24, 2.45) is 0 Å². The molecular formula is C33H47N5O5Si. The summed E-state index contributed by atoms with van der Waals surface area (Å²) in [4.78, 5) is 21.3. The van der Waals surface area contributed by atoms with Crippen LogP contribution in [0.4, 0.5) is 10.6 Å². The molecule has 3 aliphatic rings. The summed E-state index contributed by atoms with van der Waals surface area (Å²) in [5.41, 5.74) is 1.87. The van der Waals surface area contributed by atoms with Crippen molar-refractivity contribution in [3.05, 3.63) is 36.5 Å². The lowest BCUT2D eigenvalue weighted by Gasteiger charge is -2.53. The number of ether oxygens (including phenoxy) is 4. The Morgan fingerprint density at radius 2 is 1.86 bits per heavy atom. The Hall–Kier alpha value is -3.15. The summed E-state index contributed by atoms with van der Waals surface area (Å²) in [7, 11) is -1.19. The number of amides is 1. The van der Waals surface area contributed by atoms with Gasteiger partial charge in [-0.3, -0.25) is 0 Å². The molecule has 1 amide bonds. The van der Waals surface area contributed by atoms with Gasteiger partial charge in [-0.25, -0.2) is 14.5 Å². The first-order chi connectivity index (χ1) is 20.7. The minimum atomic E-state index is -1.19. The van der Waals surface area contributed by atoms with E-state index < -0.39 is 19.3 Å². The fraction of sp³-hybridized carbons (Fsp3) is 0.606. The maximum atomic E-state index is 12.6. The molecule has 0 atom stereocenters. The van der Waals surface area contributed by atoms with Crippen LogP contribution in [0.2, 0.25) is 25.7 Å². The summed E-state index contributed by atoms with van der Waals surface area (Å²) < 4.78 is 26.2. The van der Waals surface area contributed by atoms with E-state index in [-0.39, 0.29) is 11.7 Å². The lowest BCUT2D eigenvalue weighted by molar-refractivity contribution is -0.144. The van der Waals surface area contributed by atoms with E-state index >= 15 is 0 Å². The number of hydrogen-bond donors (Lipinski definition) is 0. The molecule has 1 aliphatic carbocycles. The Kier molecular flexibility index (Phi) is 7.95. The van der Waals surface area contributed by atoms with Crippen molar-refractivity contribution in [3.63, 3.8) is 0 Å². The molecular weight excluding hydrogens is 574 g/mol. The van der Waals surface area contributed by atoms with Gasteiger partial charge in [0.2, 0.25) is 0 Å². The average Bonchev–Trinajstić information content (AvgIpc) is 3.54. The third-order valence-electron chi connectivity index (χ3n) is 8.45. The summed E-state index contributed by atoms with van der Waals surface area (Å²) in [5.74, 6) is 1.73. The molecule has 1 saturated carbocycles. The van der Waals surface area contributed by atoms with Crippen LogP contribution in [0.1, 0.15) is 40.5 Å². The highest BCUT2D eigenvalue weighted by Gasteiger charge is 2.50. The van der Waals surface area contributed by atoms with E-state index in [0.717, 1.165) is 65.8 Å². The van der Waals surface area contributed by atoms with Crippen molar-refractivity contribution in [1.29, 1.82) is 0 Å². The number of rotatable bonds is 9. The van der Waals surface area contributed by atoms with E-state index in [0.29, 0.717) is 33.0 Å². The van der Waals surface area contributed by atoms with E-state index in [1.165, 1.54) is 0 Å². The molecule has 11 heteroatoms. The molecule has 238 valence electrons. The number of fused-ring (bicyclic) bond motifs is 1. The van der Waals surface area contributed by atoms with Crippen molar-refractivity contribution in [3.8, 4) is 17.0 Å². The number of nitrogens with zero attached hydrogens (tertiary/aromatic N) is 5. The number of carbonyl (C=O) groups is 1.